The van der Waals surface area contributed by atoms with E-state index in [2.05, 4.69) is 67.9 Å². The van der Waals surface area contributed by atoms with Crippen LogP contribution in [0.3, 0.4) is 0 Å². The lowest BCUT2D eigenvalue weighted by molar-refractivity contribution is 0.498. The zero-order valence-electron chi connectivity index (χ0n) is 10.6. The number of rotatable bonds is 4. The summed E-state index contributed by atoms with van der Waals surface area (Å²) in [6.45, 7) is 6.62. The zero-order chi connectivity index (χ0) is 12.3. The molecule has 1 heterocycles. The molecule has 90 valence electrons. The molecule has 0 bridgehead atoms. The first-order valence-electron chi connectivity index (χ1n) is 6.03. The molecule has 0 aliphatic rings. The van der Waals surface area contributed by atoms with Gasteiger partial charge in [0.1, 0.15) is 0 Å². The van der Waals surface area contributed by atoms with Crippen molar-refractivity contribution in [1.82, 2.24) is 5.32 Å². The highest BCUT2D eigenvalue weighted by molar-refractivity contribution is 7.10. The maximum Gasteiger partial charge on any atom is 0.0391 e. The third-order valence-electron chi connectivity index (χ3n) is 3.12. The van der Waals surface area contributed by atoms with Crippen molar-refractivity contribution < 1.29 is 0 Å². The Morgan fingerprint density at radius 3 is 2.41 bits per heavy atom. The van der Waals surface area contributed by atoms with E-state index < -0.39 is 0 Å². The summed E-state index contributed by atoms with van der Waals surface area (Å²) in [6, 6.07) is 13.7. The van der Waals surface area contributed by atoms with Crippen molar-refractivity contribution in [2.45, 2.75) is 32.9 Å². The number of hydrogen-bond donors (Lipinski definition) is 1. The van der Waals surface area contributed by atoms with Crippen molar-refractivity contribution in [3.05, 3.63) is 57.8 Å². The minimum atomic E-state index is 0.383. The molecule has 0 radical (unpaired) electrons. The SMILES string of the molecule is Cc1ccccc1C(C)N[C@H](C)c1cccs1. The average molecular weight is 245 g/mol. The molecule has 0 spiro atoms. The van der Waals surface area contributed by atoms with Gasteiger partial charge in [0.15, 0.2) is 0 Å². The highest BCUT2D eigenvalue weighted by atomic mass is 32.1. The van der Waals surface area contributed by atoms with Crippen LogP contribution in [0.5, 0.6) is 0 Å². The molecular formula is C15H19NS. The van der Waals surface area contributed by atoms with Crippen LogP contribution in [0.25, 0.3) is 0 Å². The van der Waals surface area contributed by atoms with E-state index in [0.717, 1.165) is 0 Å². The lowest BCUT2D eigenvalue weighted by Crippen LogP contribution is -2.22. The van der Waals surface area contributed by atoms with E-state index in [1.807, 2.05) is 11.3 Å². The maximum atomic E-state index is 3.65. The van der Waals surface area contributed by atoms with Crippen LogP contribution in [0.4, 0.5) is 0 Å². The second-order valence-electron chi connectivity index (χ2n) is 4.48. The Hall–Kier alpha value is -1.12. The molecule has 17 heavy (non-hydrogen) atoms. The number of benzene rings is 1. The lowest BCUT2D eigenvalue weighted by Gasteiger charge is -2.21. The van der Waals surface area contributed by atoms with Crippen LogP contribution in [0.1, 0.15) is 41.9 Å². The lowest BCUT2D eigenvalue weighted by atomic mass is 10.0. The smallest absolute Gasteiger partial charge is 0.0391 e. The third kappa shape index (κ3) is 2.96. The standard InChI is InChI=1S/C15H19NS/c1-11-7-4-5-8-14(11)12(2)16-13(3)15-9-6-10-17-15/h4-10,12-13,16H,1-3H3/t12?,13-/m1/s1. The van der Waals surface area contributed by atoms with Crippen LogP contribution in [0.2, 0.25) is 0 Å². The van der Waals surface area contributed by atoms with Crippen molar-refractivity contribution in [2.75, 3.05) is 0 Å². The molecule has 0 amide bonds. The Kier molecular flexibility index (Phi) is 3.97. The molecule has 1 unspecified atom stereocenters. The fraction of sp³-hybridized carbons (Fsp3) is 0.333. The predicted octanol–water partition coefficient (Wildman–Crippen LogP) is 4.47. The monoisotopic (exact) mass is 245 g/mol. The second-order valence-corrected chi connectivity index (χ2v) is 5.46. The van der Waals surface area contributed by atoms with Gasteiger partial charge in [-0.3, -0.25) is 0 Å². The summed E-state index contributed by atoms with van der Waals surface area (Å²) in [5.74, 6) is 0. The molecule has 0 fully saturated rings. The fourth-order valence-corrected chi connectivity index (χ4v) is 2.90. The quantitative estimate of drug-likeness (QED) is 0.838. The molecular weight excluding hydrogens is 226 g/mol. The van der Waals surface area contributed by atoms with Gasteiger partial charge in [-0.05, 0) is 43.3 Å². The van der Waals surface area contributed by atoms with Crippen molar-refractivity contribution in [1.29, 1.82) is 0 Å². The van der Waals surface area contributed by atoms with Crippen LogP contribution < -0.4 is 5.32 Å². The fourth-order valence-electron chi connectivity index (χ4n) is 2.16. The van der Waals surface area contributed by atoms with Gasteiger partial charge in [-0.15, -0.1) is 11.3 Å². The summed E-state index contributed by atoms with van der Waals surface area (Å²) in [7, 11) is 0. The number of hydrogen-bond acceptors (Lipinski definition) is 2. The molecule has 0 saturated heterocycles. The van der Waals surface area contributed by atoms with E-state index in [-0.39, 0.29) is 0 Å². The van der Waals surface area contributed by atoms with Gasteiger partial charge >= 0.3 is 0 Å². The molecule has 0 aliphatic carbocycles. The Bertz CT molecular complexity index is 462. The average Bonchev–Trinajstić information content (AvgIpc) is 2.82. The van der Waals surface area contributed by atoms with E-state index in [1.165, 1.54) is 16.0 Å². The van der Waals surface area contributed by atoms with Crippen LogP contribution in [-0.2, 0) is 0 Å². The van der Waals surface area contributed by atoms with Gasteiger partial charge in [-0.2, -0.15) is 0 Å². The van der Waals surface area contributed by atoms with Crippen LogP contribution >= 0.6 is 11.3 Å². The van der Waals surface area contributed by atoms with Crippen LogP contribution in [-0.4, -0.2) is 0 Å². The number of aryl methyl sites for hydroxylation is 1. The van der Waals surface area contributed by atoms with Gasteiger partial charge < -0.3 is 5.32 Å². The minimum absolute atomic E-state index is 0.383. The normalized spacial score (nSPS) is 14.5. The van der Waals surface area contributed by atoms with Crippen molar-refractivity contribution in [2.24, 2.45) is 0 Å². The Labute approximate surface area is 108 Å². The largest absolute Gasteiger partial charge is 0.303 e. The third-order valence-corrected chi connectivity index (χ3v) is 4.18. The van der Waals surface area contributed by atoms with Crippen molar-refractivity contribution in [3.63, 3.8) is 0 Å². The summed E-state index contributed by atoms with van der Waals surface area (Å²) in [6.07, 6.45) is 0. The van der Waals surface area contributed by atoms with Gasteiger partial charge in [0.2, 0.25) is 0 Å². The van der Waals surface area contributed by atoms with E-state index in [4.69, 9.17) is 0 Å². The molecule has 2 rings (SSSR count). The predicted molar refractivity (Wildman–Crippen MR) is 75.5 cm³/mol. The number of nitrogens with one attached hydrogen (secondary N) is 1. The zero-order valence-corrected chi connectivity index (χ0v) is 11.4. The molecule has 1 N–H and O–H groups in total. The molecule has 2 aromatic rings. The van der Waals surface area contributed by atoms with Gasteiger partial charge in [-0.25, -0.2) is 0 Å². The summed E-state index contributed by atoms with van der Waals surface area (Å²) in [5.41, 5.74) is 2.74. The highest BCUT2D eigenvalue weighted by Crippen LogP contribution is 2.23. The van der Waals surface area contributed by atoms with Gasteiger partial charge in [-0.1, -0.05) is 30.3 Å². The van der Waals surface area contributed by atoms with Crippen LogP contribution in [0, 0.1) is 6.92 Å². The molecule has 2 atom stereocenters. The van der Waals surface area contributed by atoms with E-state index >= 15 is 0 Å². The van der Waals surface area contributed by atoms with Crippen molar-refractivity contribution >= 4 is 11.3 Å². The topological polar surface area (TPSA) is 12.0 Å². The number of thiophene rings is 1. The summed E-state index contributed by atoms with van der Waals surface area (Å²) in [4.78, 5) is 1.39. The first-order chi connectivity index (χ1) is 8.18. The van der Waals surface area contributed by atoms with Gasteiger partial charge in [0.05, 0.1) is 0 Å². The highest BCUT2D eigenvalue weighted by Gasteiger charge is 2.12. The molecule has 0 saturated carbocycles. The minimum Gasteiger partial charge on any atom is -0.303 e. The summed E-state index contributed by atoms with van der Waals surface area (Å²) >= 11 is 1.81. The van der Waals surface area contributed by atoms with Gasteiger partial charge in [0, 0.05) is 17.0 Å². The molecule has 1 aromatic heterocycles. The Morgan fingerprint density at radius 2 is 1.76 bits per heavy atom. The van der Waals surface area contributed by atoms with Gasteiger partial charge in [0.25, 0.3) is 0 Å². The first-order valence-corrected chi connectivity index (χ1v) is 6.91. The van der Waals surface area contributed by atoms with E-state index in [1.54, 1.807) is 0 Å². The van der Waals surface area contributed by atoms with Crippen molar-refractivity contribution in [3.8, 4) is 0 Å². The summed E-state index contributed by atoms with van der Waals surface area (Å²) < 4.78 is 0. The molecule has 2 heteroatoms. The summed E-state index contributed by atoms with van der Waals surface area (Å²) in [5, 5.41) is 5.78. The van der Waals surface area contributed by atoms with Crippen LogP contribution in [0.15, 0.2) is 41.8 Å². The first kappa shape index (κ1) is 12.3. The Balaban J connectivity index is 2.07. The second kappa shape index (κ2) is 5.48. The molecule has 1 nitrogen and oxygen atoms in total. The van der Waals surface area contributed by atoms with E-state index in [9.17, 15) is 0 Å². The van der Waals surface area contributed by atoms with E-state index in [0.29, 0.717) is 12.1 Å². The Morgan fingerprint density at radius 1 is 1.00 bits per heavy atom. The molecule has 1 aromatic carbocycles. The maximum absolute atomic E-state index is 3.65. The molecule has 0 aliphatic heterocycles.